The van der Waals surface area contributed by atoms with Crippen LogP contribution in [-0.4, -0.2) is 11.1 Å². The average molecular weight is 362 g/mol. The molecule has 0 radical (unpaired) electrons. The predicted molar refractivity (Wildman–Crippen MR) is 108 cm³/mol. The highest BCUT2D eigenvalue weighted by Gasteiger charge is 2.04. The number of para-hydroxylation sites is 1. The van der Waals surface area contributed by atoms with Gasteiger partial charge in [0.15, 0.2) is 0 Å². The Bertz CT molecular complexity index is 817. The Kier molecular flexibility index (Phi) is 6.83. The van der Waals surface area contributed by atoms with Gasteiger partial charge >= 0.3 is 0 Å². The van der Waals surface area contributed by atoms with Crippen LogP contribution in [0.3, 0.4) is 0 Å². The molecule has 0 saturated carbocycles. The quantitative estimate of drug-likeness (QED) is 0.597. The lowest BCUT2D eigenvalue weighted by molar-refractivity contribution is 0.242. The van der Waals surface area contributed by atoms with Crippen molar-refractivity contribution >= 4 is 0 Å². The van der Waals surface area contributed by atoms with Gasteiger partial charge in [-0.3, -0.25) is 4.98 Å². The number of rotatable bonds is 9. The minimum atomic E-state index is 0.192. The minimum absolute atomic E-state index is 0.192. The minimum Gasteiger partial charge on any atom is -0.491 e. The smallest absolute Gasteiger partial charge is 0.124 e. The van der Waals surface area contributed by atoms with E-state index in [1.54, 1.807) is 6.20 Å². The summed E-state index contributed by atoms with van der Waals surface area (Å²) in [5.41, 5.74) is 3.42. The van der Waals surface area contributed by atoms with Crippen molar-refractivity contribution in [2.45, 2.75) is 39.6 Å². The van der Waals surface area contributed by atoms with Crippen molar-refractivity contribution in [1.29, 1.82) is 0 Å². The van der Waals surface area contributed by atoms with Crippen LogP contribution in [0.25, 0.3) is 0 Å². The highest BCUT2D eigenvalue weighted by molar-refractivity contribution is 5.33. The lowest BCUT2D eigenvalue weighted by Gasteiger charge is -2.13. The Hall–Kier alpha value is -2.85. The second-order valence-electron chi connectivity index (χ2n) is 6.67. The van der Waals surface area contributed by atoms with Crippen molar-refractivity contribution in [2.75, 3.05) is 0 Å². The molecule has 0 saturated heterocycles. The van der Waals surface area contributed by atoms with Crippen LogP contribution in [0.2, 0.25) is 0 Å². The second-order valence-corrected chi connectivity index (χ2v) is 6.67. The van der Waals surface area contributed by atoms with Gasteiger partial charge in [-0.15, -0.1) is 0 Å². The predicted octanol–water partition coefficient (Wildman–Crippen LogP) is 4.74. The maximum absolute atomic E-state index is 5.98. The first-order chi connectivity index (χ1) is 13.2. The van der Waals surface area contributed by atoms with Crippen molar-refractivity contribution in [1.82, 2.24) is 10.3 Å². The monoisotopic (exact) mass is 362 g/mol. The van der Waals surface area contributed by atoms with Crippen LogP contribution in [0, 0.1) is 0 Å². The Labute approximate surface area is 161 Å². The molecular formula is C23H26N2O2. The van der Waals surface area contributed by atoms with Gasteiger partial charge in [0.25, 0.3) is 0 Å². The number of nitrogens with zero attached hydrogens (tertiary/aromatic N) is 1. The van der Waals surface area contributed by atoms with Crippen LogP contribution in [-0.2, 0) is 19.7 Å². The van der Waals surface area contributed by atoms with E-state index in [9.17, 15) is 0 Å². The van der Waals surface area contributed by atoms with E-state index in [1.165, 1.54) is 5.56 Å². The maximum Gasteiger partial charge on any atom is 0.124 e. The zero-order valence-electron chi connectivity index (χ0n) is 15.9. The number of hydrogen-bond acceptors (Lipinski definition) is 4. The third-order valence-corrected chi connectivity index (χ3v) is 4.03. The van der Waals surface area contributed by atoms with Crippen LogP contribution in [0.5, 0.6) is 11.5 Å². The lowest BCUT2D eigenvalue weighted by Crippen LogP contribution is -2.13. The molecule has 0 fully saturated rings. The molecule has 0 amide bonds. The van der Waals surface area contributed by atoms with Gasteiger partial charge in [-0.1, -0.05) is 36.4 Å². The summed E-state index contributed by atoms with van der Waals surface area (Å²) in [5, 5.41) is 3.48. The number of ether oxygens (including phenoxy) is 2. The van der Waals surface area contributed by atoms with E-state index in [0.29, 0.717) is 6.61 Å². The molecule has 3 aromatic rings. The molecule has 3 rings (SSSR count). The van der Waals surface area contributed by atoms with Gasteiger partial charge in [-0.2, -0.15) is 0 Å². The third kappa shape index (κ3) is 6.12. The fourth-order valence-corrected chi connectivity index (χ4v) is 2.73. The number of aromatic nitrogens is 1. The SMILES string of the molecule is CC(C)Oc1ccc(CNCc2ccccc2OCc2cccnc2)cc1. The summed E-state index contributed by atoms with van der Waals surface area (Å²) in [6.45, 7) is 6.11. The molecule has 0 spiro atoms. The van der Waals surface area contributed by atoms with Gasteiger partial charge in [-0.05, 0) is 43.7 Å². The van der Waals surface area contributed by atoms with Gasteiger partial charge in [0.2, 0.25) is 0 Å². The Morgan fingerprint density at radius 3 is 2.44 bits per heavy atom. The Morgan fingerprint density at radius 2 is 1.70 bits per heavy atom. The van der Waals surface area contributed by atoms with E-state index in [0.717, 1.165) is 35.7 Å². The molecule has 27 heavy (non-hydrogen) atoms. The topological polar surface area (TPSA) is 43.4 Å². The molecular weight excluding hydrogens is 336 g/mol. The highest BCUT2D eigenvalue weighted by Crippen LogP contribution is 2.19. The molecule has 0 atom stereocenters. The fourth-order valence-electron chi connectivity index (χ4n) is 2.73. The third-order valence-electron chi connectivity index (χ3n) is 4.03. The highest BCUT2D eigenvalue weighted by atomic mass is 16.5. The molecule has 0 unspecified atom stereocenters. The zero-order chi connectivity index (χ0) is 18.9. The van der Waals surface area contributed by atoms with Gasteiger partial charge < -0.3 is 14.8 Å². The summed E-state index contributed by atoms with van der Waals surface area (Å²) in [6, 6.07) is 20.3. The van der Waals surface area contributed by atoms with Gasteiger partial charge in [0, 0.05) is 36.6 Å². The maximum atomic E-state index is 5.98. The standard InChI is InChI=1S/C23H26N2O2/c1-18(2)27-22-11-9-19(10-12-22)14-25-16-21-7-3-4-8-23(21)26-17-20-6-5-13-24-15-20/h3-13,15,18,25H,14,16-17H2,1-2H3. The Balaban J connectivity index is 1.52. The van der Waals surface area contributed by atoms with Gasteiger partial charge in [0.1, 0.15) is 18.1 Å². The number of nitrogens with one attached hydrogen (secondary N) is 1. The molecule has 0 aliphatic carbocycles. The molecule has 1 aromatic heterocycles. The summed E-state index contributed by atoms with van der Waals surface area (Å²) < 4.78 is 11.7. The summed E-state index contributed by atoms with van der Waals surface area (Å²) >= 11 is 0. The van der Waals surface area contributed by atoms with Crippen molar-refractivity contribution in [3.8, 4) is 11.5 Å². The van der Waals surface area contributed by atoms with E-state index >= 15 is 0 Å². The van der Waals surface area contributed by atoms with Crippen molar-refractivity contribution in [3.63, 3.8) is 0 Å². The molecule has 4 nitrogen and oxygen atoms in total. The number of hydrogen-bond donors (Lipinski definition) is 1. The lowest BCUT2D eigenvalue weighted by atomic mass is 10.1. The molecule has 0 aliphatic heterocycles. The van der Waals surface area contributed by atoms with Crippen LogP contribution >= 0.6 is 0 Å². The zero-order valence-corrected chi connectivity index (χ0v) is 15.9. The first kappa shape index (κ1) is 18.9. The Morgan fingerprint density at radius 1 is 0.889 bits per heavy atom. The average Bonchev–Trinajstić information content (AvgIpc) is 2.69. The van der Waals surface area contributed by atoms with Crippen LogP contribution in [0.1, 0.15) is 30.5 Å². The van der Waals surface area contributed by atoms with E-state index in [4.69, 9.17) is 9.47 Å². The summed E-state index contributed by atoms with van der Waals surface area (Å²) in [5.74, 6) is 1.80. The second kappa shape index (κ2) is 9.74. The van der Waals surface area contributed by atoms with Gasteiger partial charge in [-0.25, -0.2) is 0 Å². The van der Waals surface area contributed by atoms with E-state index in [-0.39, 0.29) is 6.10 Å². The van der Waals surface area contributed by atoms with Crippen LogP contribution < -0.4 is 14.8 Å². The normalized spacial score (nSPS) is 10.8. The van der Waals surface area contributed by atoms with Gasteiger partial charge in [0.05, 0.1) is 6.10 Å². The molecule has 4 heteroatoms. The van der Waals surface area contributed by atoms with Crippen molar-refractivity contribution < 1.29 is 9.47 Å². The molecule has 0 aliphatic rings. The van der Waals surface area contributed by atoms with E-state index in [1.807, 2.05) is 62.5 Å². The summed E-state index contributed by atoms with van der Waals surface area (Å²) in [4.78, 5) is 4.12. The van der Waals surface area contributed by atoms with E-state index < -0.39 is 0 Å². The number of pyridine rings is 1. The summed E-state index contributed by atoms with van der Waals surface area (Å²) in [7, 11) is 0. The van der Waals surface area contributed by atoms with E-state index in [2.05, 4.69) is 28.5 Å². The van der Waals surface area contributed by atoms with Crippen molar-refractivity contribution in [3.05, 3.63) is 89.7 Å². The molecule has 1 N–H and O–H groups in total. The molecule has 2 aromatic carbocycles. The van der Waals surface area contributed by atoms with Crippen LogP contribution in [0.15, 0.2) is 73.1 Å². The number of benzene rings is 2. The fraction of sp³-hybridized carbons (Fsp3) is 0.261. The van der Waals surface area contributed by atoms with Crippen molar-refractivity contribution in [2.24, 2.45) is 0 Å². The molecule has 1 heterocycles. The summed E-state index contributed by atoms with van der Waals surface area (Å²) in [6.07, 6.45) is 3.79. The molecule has 140 valence electrons. The first-order valence-electron chi connectivity index (χ1n) is 9.26. The van der Waals surface area contributed by atoms with Crippen LogP contribution in [0.4, 0.5) is 0 Å². The largest absolute Gasteiger partial charge is 0.491 e. The first-order valence-corrected chi connectivity index (χ1v) is 9.26. The molecule has 0 bridgehead atoms.